The number of carbonyl (C=O) groups is 1. The van der Waals surface area contributed by atoms with E-state index in [1.165, 1.54) is 10.3 Å². The molecule has 1 aliphatic rings. The first-order valence-electron chi connectivity index (χ1n) is 10.2. The predicted octanol–water partition coefficient (Wildman–Crippen LogP) is 4.03. The molecular weight excluding hydrogens is 396 g/mol. The number of para-hydroxylation sites is 1. The first-order valence-corrected chi connectivity index (χ1v) is 11.0. The van der Waals surface area contributed by atoms with Crippen LogP contribution in [0.5, 0.6) is 0 Å². The minimum Gasteiger partial charge on any atom is -0.351 e. The van der Waals surface area contributed by atoms with Crippen LogP contribution in [0.3, 0.4) is 0 Å². The molecule has 2 aromatic carbocycles. The molecule has 1 amide bonds. The third kappa shape index (κ3) is 3.93. The number of hydrogen-bond acceptors (Lipinski definition) is 6. The van der Waals surface area contributed by atoms with Crippen LogP contribution in [-0.2, 0) is 12.8 Å². The van der Waals surface area contributed by atoms with Crippen LogP contribution in [0.4, 0.5) is 5.13 Å². The average Bonchev–Trinajstić information content (AvgIpc) is 3.45. The molecule has 30 heavy (non-hydrogen) atoms. The first kappa shape index (κ1) is 18.8. The Morgan fingerprint density at radius 1 is 0.967 bits per heavy atom. The lowest BCUT2D eigenvalue weighted by molar-refractivity contribution is 0.0704. The van der Waals surface area contributed by atoms with Crippen molar-refractivity contribution in [2.24, 2.45) is 0 Å². The Morgan fingerprint density at radius 3 is 2.53 bits per heavy atom. The van der Waals surface area contributed by atoms with Crippen LogP contribution in [0.2, 0.25) is 0 Å². The van der Waals surface area contributed by atoms with E-state index in [0.717, 1.165) is 42.3 Å². The summed E-state index contributed by atoms with van der Waals surface area (Å²) in [5.41, 5.74) is 3.09. The fourth-order valence-electron chi connectivity index (χ4n) is 3.70. The van der Waals surface area contributed by atoms with Crippen molar-refractivity contribution in [3.8, 4) is 0 Å². The number of piperazine rings is 1. The second kappa shape index (κ2) is 8.28. The summed E-state index contributed by atoms with van der Waals surface area (Å²) in [4.78, 5) is 21.6. The van der Waals surface area contributed by atoms with Crippen molar-refractivity contribution < 1.29 is 9.32 Å². The Labute approximate surface area is 178 Å². The Balaban J connectivity index is 1.18. The number of carbonyl (C=O) groups excluding carboxylic acids is 1. The second-order valence-corrected chi connectivity index (χ2v) is 8.42. The van der Waals surface area contributed by atoms with Crippen molar-refractivity contribution in [2.45, 2.75) is 12.8 Å². The molecule has 2 aromatic heterocycles. The normalized spacial score (nSPS) is 14.4. The predicted molar refractivity (Wildman–Crippen MR) is 118 cm³/mol. The summed E-state index contributed by atoms with van der Waals surface area (Å²) < 4.78 is 6.54. The highest BCUT2D eigenvalue weighted by atomic mass is 32.1. The standard InChI is InChI=1S/C23H22N4O2S/c28-22(20-16-18(25-29-20)11-10-17-6-2-1-3-7-17)26-12-14-27(15-13-26)23-24-19-8-4-5-9-21(19)30-23/h1-9,16H,10-15H2. The highest BCUT2D eigenvalue weighted by Crippen LogP contribution is 2.29. The molecule has 0 N–H and O–H groups in total. The summed E-state index contributed by atoms with van der Waals surface area (Å²) in [6.45, 7) is 2.82. The lowest BCUT2D eigenvalue weighted by atomic mass is 10.1. The Morgan fingerprint density at radius 2 is 1.73 bits per heavy atom. The van der Waals surface area contributed by atoms with E-state index >= 15 is 0 Å². The lowest BCUT2D eigenvalue weighted by Gasteiger charge is -2.33. The van der Waals surface area contributed by atoms with E-state index in [9.17, 15) is 4.79 Å². The summed E-state index contributed by atoms with van der Waals surface area (Å²) in [6.07, 6.45) is 1.63. The van der Waals surface area contributed by atoms with Gasteiger partial charge in [0.15, 0.2) is 5.13 Å². The van der Waals surface area contributed by atoms with Crippen LogP contribution < -0.4 is 4.90 Å². The maximum absolute atomic E-state index is 12.8. The third-order valence-corrected chi connectivity index (χ3v) is 6.50. The number of fused-ring (bicyclic) bond motifs is 1. The topological polar surface area (TPSA) is 62.5 Å². The molecule has 0 radical (unpaired) electrons. The van der Waals surface area contributed by atoms with Crippen molar-refractivity contribution in [2.75, 3.05) is 31.1 Å². The van der Waals surface area contributed by atoms with Crippen molar-refractivity contribution in [1.82, 2.24) is 15.0 Å². The van der Waals surface area contributed by atoms with E-state index in [1.54, 1.807) is 17.4 Å². The van der Waals surface area contributed by atoms with E-state index in [4.69, 9.17) is 9.51 Å². The zero-order valence-electron chi connectivity index (χ0n) is 16.5. The zero-order valence-corrected chi connectivity index (χ0v) is 17.3. The molecule has 4 aromatic rings. The van der Waals surface area contributed by atoms with Crippen LogP contribution in [0.15, 0.2) is 65.2 Å². The van der Waals surface area contributed by atoms with Crippen molar-refractivity contribution >= 4 is 32.6 Å². The largest absolute Gasteiger partial charge is 0.351 e. The number of thiazole rings is 1. The molecule has 3 heterocycles. The third-order valence-electron chi connectivity index (χ3n) is 5.40. The van der Waals surface area contributed by atoms with Gasteiger partial charge in [0.05, 0.1) is 15.9 Å². The number of rotatable bonds is 5. The molecule has 0 bridgehead atoms. The first-order chi connectivity index (χ1) is 14.8. The van der Waals surface area contributed by atoms with E-state index in [1.807, 2.05) is 41.3 Å². The van der Waals surface area contributed by atoms with Crippen LogP contribution in [-0.4, -0.2) is 47.1 Å². The fourth-order valence-corrected chi connectivity index (χ4v) is 4.72. The Hall–Kier alpha value is -3.19. The summed E-state index contributed by atoms with van der Waals surface area (Å²) >= 11 is 1.70. The molecule has 152 valence electrons. The van der Waals surface area contributed by atoms with Gasteiger partial charge in [-0.05, 0) is 30.5 Å². The molecule has 0 saturated carbocycles. The van der Waals surface area contributed by atoms with Crippen LogP contribution in [0, 0.1) is 0 Å². The molecule has 1 saturated heterocycles. The summed E-state index contributed by atoms with van der Waals surface area (Å²) in [6, 6.07) is 20.2. The molecule has 1 fully saturated rings. The highest BCUT2D eigenvalue weighted by Gasteiger charge is 2.26. The zero-order chi connectivity index (χ0) is 20.3. The van der Waals surface area contributed by atoms with Crippen molar-refractivity contribution in [3.05, 3.63) is 77.7 Å². The van der Waals surface area contributed by atoms with E-state index < -0.39 is 0 Å². The van der Waals surface area contributed by atoms with Gasteiger partial charge in [-0.3, -0.25) is 4.79 Å². The highest BCUT2D eigenvalue weighted by molar-refractivity contribution is 7.22. The van der Waals surface area contributed by atoms with E-state index in [-0.39, 0.29) is 5.91 Å². The number of hydrogen-bond donors (Lipinski definition) is 0. The van der Waals surface area contributed by atoms with Gasteiger partial charge in [0, 0.05) is 32.2 Å². The summed E-state index contributed by atoms with van der Waals surface area (Å²) in [5.74, 6) is 0.240. The molecule has 6 nitrogen and oxygen atoms in total. The maximum Gasteiger partial charge on any atom is 0.292 e. The molecule has 7 heteroatoms. The molecule has 0 unspecified atom stereocenters. The maximum atomic E-state index is 12.8. The van der Waals surface area contributed by atoms with E-state index in [2.05, 4.69) is 28.3 Å². The van der Waals surface area contributed by atoms with Gasteiger partial charge in [-0.1, -0.05) is 59.0 Å². The smallest absolute Gasteiger partial charge is 0.292 e. The van der Waals surface area contributed by atoms with Crippen LogP contribution in [0.1, 0.15) is 21.8 Å². The summed E-state index contributed by atoms with van der Waals surface area (Å²) in [5, 5.41) is 5.11. The Bertz CT molecular complexity index is 1110. The minimum atomic E-state index is -0.0857. The van der Waals surface area contributed by atoms with Gasteiger partial charge in [0.1, 0.15) is 0 Å². The van der Waals surface area contributed by atoms with Gasteiger partial charge in [0.2, 0.25) is 5.76 Å². The number of anilines is 1. The van der Waals surface area contributed by atoms with Gasteiger partial charge >= 0.3 is 0 Å². The molecule has 0 spiro atoms. The van der Waals surface area contributed by atoms with Crippen LogP contribution in [0.25, 0.3) is 10.2 Å². The number of amides is 1. The lowest BCUT2D eigenvalue weighted by Crippen LogP contribution is -2.48. The quantitative estimate of drug-likeness (QED) is 0.490. The monoisotopic (exact) mass is 418 g/mol. The van der Waals surface area contributed by atoms with Gasteiger partial charge in [-0.15, -0.1) is 0 Å². The van der Waals surface area contributed by atoms with Crippen molar-refractivity contribution in [1.29, 1.82) is 0 Å². The SMILES string of the molecule is O=C(c1cc(CCc2ccccc2)no1)N1CCN(c2nc3ccccc3s2)CC1. The number of aryl methyl sites for hydroxylation is 2. The van der Waals surface area contributed by atoms with Crippen molar-refractivity contribution in [3.63, 3.8) is 0 Å². The fraction of sp³-hybridized carbons (Fsp3) is 0.261. The molecule has 5 rings (SSSR count). The number of benzene rings is 2. The number of aromatic nitrogens is 2. The Kier molecular flexibility index (Phi) is 5.19. The summed E-state index contributed by atoms with van der Waals surface area (Å²) in [7, 11) is 0. The number of nitrogens with zero attached hydrogens (tertiary/aromatic N) is 4. The average molecular weight is 419 g/mol. The van der Waals surface area contributed by atoms with Gasteiger partial charge < -0.3 is 14.3 Å². The molecule has 1 aliphatic heterocycles. The molecular formula is C23H22N4O2S. The molecule has 0 aliphatic carbocycles. The van der Waals surface area contributed by atoms with Gasteiger partial charge in [0.25, 0.3) is 5.91 Å². The van der Waals surface area contributed by atoms with E-state index in [0.29, 0.717) is 18.8 Å². The van der Waals surface area contributed by atoms with Crippen LogP contribution >= 0.6 is 11.3 Å². The van der Waals surface area contributed by atoms with Gasteiger partial charge in [-0.25, -0.2) is 4.98 Å². The molecule has 0 atom stereocenters. The minimum absolute atomic E-state index is 0.0857. The second-order valence-electron chi connectivity index (χ2n) is 7.41. The van der Waals surface area contributed by atoms with Gasteiger partial charge in [-0.2, -0.15) is 0 Å².